The number of hydrogen-bond acceptors (Lipinski definition) is 4. The molecule has 0 bridgehead atoms. The number of hydrogen-bond donors (Lipinski definition) is 2. The molecule has 1 aromatic rings. The number of halogens is 2. The second-order valence-corrected chi connectivity index (χ2v) is 6.75. The monoisotopic (exact) mass is 357 g/mol. The molecule has 0 amide bonds. The van der Waals surface area contributed by atoms with Crippen molar-refractivity contribution in [3.05, 3.63) is 33.8 Å². The Morgan fingerprint density at radius 1 is 1.30 bits per heavy atom. The molecule has 0 aliphatic heterocycles. The van der Waals surface area contributed by atoms with Crippen molar-refractivity contribution in [1.82, 2.24) is 0 Å². The molecule has 0 heterocycles. The molecule has 0 saturated carbocycles. The Hall–Kier alpha value is -1.10. The molecule has 0 aliphatic carbocycles. The van der Waals surface area contributed by atoms with Gasteiger partial charge in [-0.1, -0.05) is 50.4 Å². The second kappa shape index (κ2) is 9.91. The van der Waals surface area contributed by atoms with Crippen LogP contribution in [0.3, 0.4) is 0 Å². The fraction of sp³-hybridized carbons (Fsp3) is 0.529. The average molecular weight is 358 g/mol. The molecule has 128 valence electrons. The van der Waals surface area contributed by atoms with Gasteiger partial charge in [0.2, 0.25) is 0 Å². The molecule has 0 fully saturated rings. The van der Waals surface area contributed by atoms with E-state index in [0.29, 0.717) is 32.9 Å². The van der Waals surface area contributed by atoms with Crippen LogP contribution in [0.1, 0.15) is 45.6 Å². The predicted octanol–water partition coefficient (Wildman–Crippen LogP) is 4.30. The zero-order valence-electron chi connectivity index (χ0n) is 13.9. The molecular weight excluding hydrogens is 333 g/mol. The maximum atomic E-state index is 9.75. The van der Waals surface area contributed by atoms with Crippen molar-refractivity contribution in [3.63, 3.8) is 0 Å². The fourth-order valence-electron chi connectivity index (χ4n) is 2.49. The largest absolute Gasteiger partial charge is 0.390 e. The van der Waals surface area contributed by atoms with Gasteiger partial charge in [-0.3, -0.25) is 4.99 Å². The van der Waals surface area contributed by atoms with Gasteiger partial charge in [-0.2, -0.15) is 5.10 Å². The number of aliphatic hydroxyl groups excluding tert-OH is 1. The Kier molecular flexibility index (Phi) is 8.59. The molecule has 6 heteroatoms. The van der Waals surface area contributed by atoms with Crippen LogP contribution < -0.4 is 5.84 Å². The molecular formula is C17H25Cl2N3O. The Morgan fingerprint density at radius 2 is 2.00 bits per heavy atom. The lowest BCUT2D eigenvalue weighted by Crippen LogP contribution is -2.24. The number of nitrogens with zero attached hydrogens (tertiary/aromatic N) is 2. The van der Waals surface area contributed by atoms with E-state index in [-0.39, 0.29) is 12.6 Å². The first-order valence-corrected chi connectivity index (χ1v) is 8.59. The minimum atomic E-state index is -0.243. The topological polar surface area (TPSA) is 71.0 Å². The Bertz CT molecular complexity index is 571. The maximum Gasteiger partial charge on any atom is 0.115 e. The minimum absolute atomic E-state index is 0.130. The quantitative estimate of drug-likeness (QED) is 0.413. The summed E-state index contributed by atoms with van der Waals surface area (Å²) in [6.07, 6.45) is 2.92. The normalized spacial score (nSPS) is 14.4. The summed E-state index contributed by atoms with van der Waals surface area (Å²) in [5.41, 5.74) is 1.47. The molecule has 1 aromatic carbocycles. The molecule has 1 unspecified atom stereocenters. The lowest BCUT2D eigenvalue weighted by Gasteiger charge is -2.17. The van der Waals surface area contributed by atoms with E-state index in [9.17, 15) is 5.11 Å². The number of aliphatic imine (C=N–C) groups is 1. The lowest BCUT2D eigenvalue weighted by atomic mass is 9.99. The van der Waals surface area contributed by atoms with Crippen molar-refractivity contribution in [3.8, 4) is 0 Å². The molecule has 0 spiro atoms. The highest BCUT2D eigenvalue weighted by Crippen LogP contribution is 2.23. The molecule has 1 rings (SSSR count). The number of benzene rings is 1. The van der Waals surface area contributed by atoms with Crippen LogP contribution in [0.2, 0.25) is 10.0 Å². The smallest absolute Gasteiger partial charge is 0.115 e. The highest BCUT2D eigenvalue weighted by Gasteiger charge is 2.17. The molecule has 0 aromatic heterocycles. The Balaban J connectivity index is 3.19. The summed E-state index contributed by atoms with van der Waals surface area (Å²) in [6, 6.07) is 5.19. The zero-order valence-corrected chi connectivity index (χ0v) is 15.4. The molecule has 0 aliphatic rings. The van der Waals surface area contributed by atoms with Crippen molar-refractivity contribution in [1.29, 1.82) is 0 Å². The van der Waals surface area contributed by atoms with Gasteiger partial charge in [-0.25, -0.2) is 0 Å². The van der Waals surface area contributed by atoms with Gasteiger partial charge in [-0.05, 0) is 37.0 Å². The summed E-state index contributed by atoms with van der Waals surface area (Å²) in [4.78, 5) is 4.70. The van der Waals surface area contributed by atoms with Gasteiger partial charge in [-0.15, -0.1) is 0 Å². The zero-order chi connectivity index (χ0) is 17.4. The van der Waals surface area contributed by atoms with Gasteiger partial charge in [0.25, 0.3) is 0 Å². The molecule has 1 atom stereocenters. The van der Waals surface area contributed by atoms with Crippen LogP contribution in [-0.4, -0.2) is 29.2 Å². The van der Waals surface area contributed by atoms with Crippen LogP contribution >= 0.6 is 23.2 Å². The predicted molar refractivity (Wildman–Crippen MR) is 99.9 cm³/mol. The SMILES string of the molecule is CCCC(CC(C)C)N=C(CO)C(=NN)c1ccc(Cl)cc1Cl. The fourth-order valence-corrected chi connectivity index (χ4v) is 2.99. The number of nitrogens with two attached hydrogens (primary N) is 1. The summed E-state index contributed by atoms with van der Waals surface area (Å²) in [7, 11) is 0. The van der Waals surface area contributed by atoms with Crippen molar-refractivity contribution < 1.29 is 5.11 Å². The third-order valence-electron chi connectivity index (χ3n) is 3.44. The van der Waals surface area contributed by atoms with E-state index in [1.165, 1.54) is 0 Å². The first-order chi connectivity index (χ1) is 10.9. The average Bonchev–Trinajstić information content (AvgIpc) is 2.48. The highest BCUT2D eigenvalue weighted by atomic mass is 35.5. The third kappa shape index (κ3) is 6.13. The van der Waals surface area contributed by atoms with Gasteiger partial charge in [0.15, 0.2) is 0 Å². The summed E-state index contributed by atoms with van der Waals surface area (Å²) < 4.78 is 0. The van der Waals surface area contributed by atoms with Gasteiger partial charge < -0.3 is 10.9 Å². The molecule has 0 saturated heterocycles. The first kappa shape index (κ1) is 19.9. The number of aliphatic hydroxyl groups is 1. The van der Waals surface area contributed by atoms with E-state index in [2.05, 4.69) is 25.9 Å². The van der Waals surface area contributed by atoms with Gasteiger partial charge >= 0.3 is 0 Å². The van der Waals surface area contributed by atoms with Gasteiger partial charge in [0.1, 0.15) is 5.71 Å². The van der Waals surface area contributed by atoms with E-state index < -0.39 is 0 Å². The second-order valence-electron chi connectivity index (χ2n) is 5.91. The van der Waals surface area contributed by atoms with E-state index >= 15 is 0 Å². The first-order valence-electron chi connectivity index (χ1n) is 7.84. The Labute approximate surface area is 148 Å². The standard InChI is InChI=1S/C17H25Cl2N3O/c1-4-5-13(8-11(2)3)21-16(10-23)17(22-20)14-7-6-12(18)9-15(14)19/h6-7,9,11,13,23H,4-5,8,10,20H2,1-3H3. The van der Waals surface area contributed by atoms with Crippen LogP contribution in [-0.2, 0) is 0 Å². The van der Waals surface area contributed by atoms with E-state index in [1.54, 1.807) is 18.2 Å². The highest BCUT2D eigenvalue weighted by molar-refractivity contribution is 6.52. The summed E-state index contributed by atoms with van der Waals surface area (Å²) in [6.45, 7) is 6.19. The van der Waals surface area contributed by atoms with Gasteiger partial charge in [0, 0.05) is 10.6 Å². The lowest BCUT2D eigenvalue weighted by molar-refractivity contribution is 0.357. The summed E-state index contributed by atoms with van der Waals surface area (Å²) in [5, 5.41) is 14.5. The van der Waals surface area contributed by atoms with Crippen LogP contribution in [0.25, 0.3) is 0 Å². The van der Waals surface area contributed by atoms with Crippen LogP contribution in [0.5, 0.6) is 0 Å². The maximum absolute atomic E-state index is 9.75. The van der Waals surface area contributed by atoms with E-state index in [0.717, 1.165) is 19.3 Å². The summed E-state index contributed by atoms with van der Waals surface area (Å²) >= 11 is 12.2. The van der Waals surface area contributed by atoms with Crippen molar-refractivity contribution in [2.45, 2.75) is 46.1 Å². The van der Waals surface area contributed by atoms with Gasteiger partial charge in [0.05, 0.1) is 23.4 Å². The van der Waals surface area contributed by atoms with Crippen molar-refractivity contribution in [2.75, 3.05) is 6.61 Å². The van der Waals surface area contributed by atoms with Crippen molar-refractivity contribution >= 4 is 34.6 Å². The Morgan fingerprint density at radius 3 is 2.48 bits per heavy atom. The summed E-state index contributed by atoms with van der Waals surface area (Å²) in [5.74, 6) is 6.06. The molecule has 23 heavy (non-hydrogen) atoms. The number of hydrazone groups is 1. The third-order valence-corrected chi connectivity index (χ3v) is 3.99. The van der Waals surface area contributed by atoms with E-state index in [4.69, 9.17) is 34.0 Å². The van der Waals surface area contributed by atoms with Crippen LogP contribution in [0, 0.1) is 5.92 Å². The van der Waals surface area contributed by atoms with Crippen LogP contribution in [0.4, 0.5) is 0 Å². The number of rotatable bonds is 8. The van der Waals surface area contributed by atoms with Crippen molar-refractivity contribution in [2.24, 2.45) is 21.9 Å². The molecule has 3 N–H and O–H groups in total. The minimum Gasteiger partial charge on any atom is -0.390 e. The van der Waals surface area contributed by atoms with Crippen LogP contribution in [0.15, 0.2) is 28.3 Å². The molecule has 0 radical (unpaired) electrons. The van der Waals surface area contributed by atoms with E-state index in [1.807, 2.05) is 0 Å². The molecule has 4 nitrogen and oxygen atoms in total.